The van der Waals surface area contributed by atoms with Crippen molar-refractivity contribution >= 4 is 0 Å². The molecule has 1 aromatic carbocycles. The molecule has 0 aromatic heterocycles. The van der Waals surface area contributed by atoms with Crippen LogP contribution in [0.25, 0.3) is 0 Å². The van der Waals surface area contributed by atoms with Crippen molar-refractivity contribution in [2.24, 2.45) is 5.41 Å². The van der Waals surface area contributed by atoms with Gasteiger partial charge in [0.25, 0.3) is 0 Å². The Hall–Kier alpha value is -1.73. The van der Waals surface area contributed by atoms with Gasteiger partial charge in [0.15, 0.2) is 11.5 Å². The number of aliphatic hydroxyl groups excluding tert-OH is 1. The van der Waals surface area contributed by atoms with E-state index in [-0.39, 0.29) is 0 Å². The maximum Gasteiger partial charge on any atom is 0.166 e. The van der Waals surface area contributed by atoms with Crippen LogP contribution in [0.1, 0.15) is 50.2 Å². The molecule has 21 heavy (non-hydrogen) atoms. The number of aliphatic hydroxyl groups is 1. The van der Waals surface area contributed by atoms with Gasteiger partial charge in [-0.25, -0.2) is 0 Å². The number of nitrogens with zero attached hydrogens (tertiary/aromatic N) is 1. The first-order valence-electron chi connectivity index (χ1n) is 7.49. The highest BCUT2D eigenvalue weighted by molar-refractivity contribution is 5.48. The summed E-state index contributed by atoms with van der Waals surface area (Å²) in [5.41, 5.74) is -0.0869. The van der Waals surface area contributed by atoms with Crippen LogP contribution >= 0.6 is 0 Å². The van der Waals surface area contributed by atoms with Crippen LogP contribution in [0, 0.1) is 16.7 Å². The minimum absolute atomic E-state index is 0.520. The Morgan fingerprint density at radius 1 is 1.14 bits per heavy atom. The minimum atomic E-state index is -0.856. The highest BCUT2D eigenvalue weighted by Crippen LogP contribution is 2.48. The van der Waals surface area contributed by atoms with Gasteiger partial charge in [0.05, 0.1) is 25.7 Å². The summed E-state index contributed by atoms with van der Waals surface area (Å²) >= 11 is 0. The molecule has 1 unspecified atom stereocenters. The Kier molecular flexibility index (Phi) is 5.08. The topological polar surface area (TPSA) is 62.5 Å². The van der Waals surface area contributed by atoms with Gasteiger partial charge in [-0.05, 0) is 18.9 Å². The molecule has 1 aliphatic rings. The average Bonchev–Trinajstić information content (AvgIpc) is 2.79. The van der Waals surface area contributed by atoms with Crippen molar-refractivity contribution in [3.8, 4) is 17.6 Å². The number of benzene rings is 1. The first-order chi connectivity index (χ1) is 10.2. The van der Waals surface area contributed by atoms with E-state index in [1.807, 2.05) is 12.1 Å². The molecule has 1 N–H and O–H groups in total. The largest absolute Gasteiger partial charge is 0.493 e. The zero-order valence-electron chi connectivity index (χ0n) is 12.8. The van der Waals surface area contributed by atoms with Crippen LogP contribution in [0.4, 0.5) is 0 Å². The molecule has 114 valence electrons. The van der Waals surface area contributed by atoms with E-state index in [0.29, 0.717) is 17.1 Å². The number of nitriles is 1. The summed E-state index contributed by atoms with van der Waals surface area (Å²) in [6.45, 7) is 0. The molecule has 1 aromatic rings. The van der Waals surface area contributed by atoms with Gasteiger partial charge in [0.2, 0.25) is 0 Å². The minimum Gasteiger partial charge on any atom is -0.493 e. The maximum absolute atomic E-state index is 10.9. The SMILES string of the molecule is COc1cccc(C(O)C2(C#N)CCCCCC2)c1OC. The van der Waals surface area contributed by atoms with Crippen LogP contribution < -0.4 is 9.47 Å². The smallest absolute Gasteiger partial charge is 0.166 e. The van der Waals surface area contributed by atoms with Crippen molar-refractivity contribution < 1.29 is 14.6 Å². The summed E-state index contributed by atoms with van der Waals surface area (Å²) in [6.07, 6.45) is 4.83. The van der Waals surface area contributed by atoms with E-state index < -0.39 is 11.5 Å². The predicted molar refractivity (Wildman–Crippen MR) is 80.3 cm³/mol. The zero-order valence-corrected chi connectivity index (χ0v) is 12.8. The zero-order chi connectivity index (χ0) is 15.3. The lowest BCUT2D eigenvalue weighted by molar-refractivity contribution is 0.0493. The second-order valence-electron chi connectivity index (χ2n) is 5.67. The molecule has 1 fully saturated rings. The normalized spacial score (nSPS) is 19.1. The monoisotopic (exact) mass is 289 g/mol. The number of ether oxygens (including phenoxy) is 2. The molecule has 1 saturated carbocycles. The van der Waals surface area contributed by atoms with Crippen molar-refractivity contribution in [3.05, 3.63) is 23.8 Å². The molecular formula is C17H23NO3. The molecule has 0 saturated heterocycles. The third-order valence-corrected chi connectivity index (χ3v) is 4.47. The summed E-state index contributed by atoms with van der Waals surface area (Å²) in [5, 5.41) is 20.6. The van der Waals surface area contributed by atoms with E-state index in [1.54, 1.807) is 20.3 Å². The van der Waals surface area contributed by atoms with Crippen LogP contribution in [0.3, 0.4) is 0 Å². The van der Waals surface area contributed by atoms with Gasteiger partial charge in [0.1, 0.15) is 6.10 Å². The Balaban J connectivity index is 2.42. The standard InChI is InChI=1S/C17H23NO3/c1-20-14-9-7-8-13(15(14)21-2)16(19)17(12-18)10-5-3-4-6-11-17/h7-9,16,19H,3-6,10-11H2,1-2H3. The Morgan fingerprint density at radius 2 is 1.81 bits per heavy atom. The van der Waals surface area contributed by atoms with Crippen LogP contribution in [-0.4, -0.2) is 19.3 Å². The lowest BCUT2D eigenvalue weighted by Gasteiger charge is -2.31. The van der Waals surface area contributed by atoms with E-state index in [2.05, 4.69) is 6.07 Å². The number of hydrogen-bond donors (Lipinski definition) is 1. The second-order valence-corrected chi connectivity index (χ2v) is 5.67. The van der Waals surface area contributed by atoms with E-state index in [4.69, 9.17) is 9.47 Å². The quantitative estimate of drug-likeness (QED) is 0.860. The van der Waals surface area contributed by atoms with E-state index in [1.165, 1.54) is 0 Å². The lowest BCUT2D eigenvalue weighted by atomic mass is 9.74. The van der Waals surface area contributed by atoms with Gasteiger partial charge in [0, 0.05) is 5.56 Å². The third-order valence-electron chi connectivity index (χ3n) is 4.47. The van der Waals surface area contributed by atoms with E-state index in [9.17, 15) is 10.4 Å². The number of hydrogen-bond acceptors (Lipinski definition) is 4. The first-order valence-corrected chi connectivity index (χ1v) is 7.49. The van der Waals surface area contributed by atoms with Crippen molar-refractivity contribution in [2.75, 3.05) is 14.2 Å². The fraction of sp³-hybridized carbons (Fsp3) is 0.588. The lowest BCUT2D eigenvalue weighted by Crippen LogP contribution is -2.27. The van der Waals surface area contributed by atoms with Crippen LogP contribution in [0.2, 0.25) is 0 Å². The van der Waals surface area contributed by atoms with Crippen LogP contribution in [-0.2, 0) is 0 Å². The fourth-order valence-corrected chi connectivity index (χ4v) is 3.23. The van der Waals surface area contributed by atoms with Crippen molar-refractivity contribution in [1.82, 2.24) is 0 Å². The van der Waals surface area contributed by atoms with Gasteiger partial charge in [-0.15, -0.1) is 0 Å². The van der Waals surface area contributed by atoms with Gasteiger partial charge < -0.3 is 14.6 Å². The molecule has 0 amide bonds. The highest BCUT2D eigenvalue weighted by atomic mass is 16.5. The molecule has 4 heteroatoms. The summed E-state index contributed by atoms with van der Waals surface area (Å²) in [5.74, 6) is 1.10. The third kappa shape index (κ3) is 2.98. The van der Waals surface area contributed by atoms with E-state index >= 15 is 0 Å². The second kappa shape index (κ2) is 6.82. The molecule has 2 rings (SSSR count). The van der Waals surface area contributed by atoms with Crippen molar-refractivity contribution in [2.45, 2.75) is 44.6 Å². The molecule has 4 nitrogen and oxygen atoms in total. The number of para-hydroxylation sites is 1. The molecule has 0 spiro atoms. The molecule has 0 bridgehead atoms. The molecule has 1 atom stereocenters. The van der Waals surface area contributed by atoms with Gasteiger partial charge in [-0.1, -0.05) is 37.8 Å². The summed E-state index contributed by atoms with van der Waals surface area (Å²) in [4.78, 5) is 0. The first kappa shape index (κ1) is 15.7. The molecule has 0 radical (unpaired) electrons. The highest BCUT2D eigenvalue weighted by Gasteiger charge is 2.40. The Bertz CT molecular complexity index is 513. The summed E-state index contributed by atoms with van der Waals surface area (Å²) < 4.78 is 10.7. The Labute approximate surface area is 126 Å². The molecule has 0 aliphatic heterocycles. The molecular weight excluding hydrogens is 266 g/mol. The van der Waals surface area contributed by atoms with E-state index in [0.717, 1.165) is 38.5 Å². The van der Waals surface area contributed by atoms with Gasteiger partial charge in [-0.3, -0.25) is 0 Å². The predicted octanol–water partition coefficient (Wildman–Crippen LogP) is 3.60. The maximum atomic E-state index is 10.9. The van der Waals surface area contributed by atoms with Gasteiger partial charge in [-0.2, -0.15) is 5.26 Å². The number of rotatable bonds is 4. The van der Waals surface area contributed by atoms with Crippen molar-refractivity contribution in [1.29, 1.82) is 5.26 Å². The fourth-order valence-electron chi connectivity index (χ4n) is 3.23. The van der Waals surface area contributed by atoms with Crippen LogP contribution in [0.15, 0.2) is 18.2 Å². The van der Waals surface area contributed by atoms with Crippen molar-refractivity contribution in [3.63, 3.8) is 0 Å². The van der Waals surface area contributed by atoms with Gasteiger partial charge >= 0.3 is 0 Å². The van der Waals surface area contributed by atoms with Crippen LogP contribution in [0.5, 0.6) is 11.5 Å². The Morgan fingerprint density at radius 3 is 2.33 bits per heavy atom. The molecule has 0 heterocycles. The molecule has 1 aliphatic carbocycles. The average molecular weight is 289 g/mol. The summed E-state index contributed by atoms with van der Waals surface area (Å²) in [6, 6.07) is 7.83. The summed E-state index contributed by atoms with van der Waals surface area (Å²) in [7, 11) is 3.12. The number of methoxy groups -OCH3 is 2.